The van der Waals surface area contributed by atoms with E-state index < -0.39 is 0 Å². The molecule has 0 aliphatic carbocycles. The summed E-state index contributed by atoms with van der Waals surface area (Å²) in [5.74, 6) is -0.0485. The van der Waals surface area contributed by atoms with Gasteiger partial charge in [-0.05, 0) is 59.3 Å². The van der Waals surface area contributed by atoms with Crippen LogP contribution in [0.3, 0.4) is 0 Å². The minimum Gasteiger partial charge on any atom is -0.385 e. The summed E-state index contributed by atoms with van der Waals surface area (Å²) in [5, 5.41) is 6.11. The summed E-state index contributed by atoms with van der Waals surface area (Å²) in [6.45, 7) is 3.47. The van der Waals surface area contributed by atoms with Crippen LogP contribution in [-0.2, 0) is 6.54 Å². The second-order valence-electron chi connectivity index (χ2n) is 4.00. The molecule has 5 heteroatoms. The third kappa shape index (κ3) is 4.08. The Hall–Kier alpha value is -1.33. The highest BCUT2D eigenvalue weighted by Gasteiger charge is 2.06. The largest absolute Gasteiger partial charge is 0.385 e. The van der Waals surface area contributed by atoms with Gasteiger partial charge in [0.1, 0.15) is 0 Å². The van der Waals surface area contributed by atoms with E-state index in [9.17, 15) is 4.79 Å². The Morgan fingerprint density at radius 3 is 2.53 bits per heavy atom. The van der Waals surface area contributed by atoms with Gasteiger partial charge in [-0.1, -0.05) is 0 Å². The van der Waals surface area contributed by atoms with Gasteiger partial charge in [0.2, 0.25) is 0 Å². The van der Waals surface area contributed by atoms with E-state index in [0.29, 0.717) is 12.1 Å². The Morgan fingerprint density at radius 2 is 1.95 bits per heavy atom. The standard InChI is InChI=1S/C14H15BrN2OS/c1-2-16-11-5-3-10(4-6-11)14(18)17-9-12-7-8-13(15)19-12/h3-8,16H,2,9H2,1H3,(H,17,18). The van der Waals surface area contributed by atoms with Crippen LogP contribution in [0.1, 0.15) is 22.2 Å². The van der Waals surface area contributed by atoms with Gasteiger partial charge in [0.25, 0.3) is 5.91 Å². The summed E-state index contributed by atoms with van der Waals surface area (Å²) in [4.78, 5) is 13.1. The number of halogens is 1. The zero-order valence-electron chi connectivity index (χ0n) is 10.6. The van der Waals surface area contributed by atoms with Gasteiger partial charge in [-0.15, -0.1) is 11.3 Å². The molecule has 0 atom stereocenters. The predicted octanol–water partition coefficient (Wildman–Crippen LogP) is 3.87. The van der Waals surface area contributed by atoms with E-state index in [0.717, 1.165) is 20.9 Å². The normalized spacial score (nSPS) is 10.2. The van der Waals surface area contributed by atoms with E-state index in [1.54, 1.807) is 11.3 Å². The van der Waals surface area contributed by atoms with Crippen LogP contribution in [0.2, 0.25) is 0 Å². The Kier molecular flexibility index (Phi) is 4.99. The molecule has 0 saturated carbocycles. The zero-order valence-corrected chi connectivity index (χ0v) is 13.0. The number of nitrogens with one attached hydrogen (secondary N) is 2. The first-order valence-corrected chi connectivity index (χ1v) is 7.66. The highest BCUT2D eigenvalue weighted by Crippen LogP contribution is 2.21. The zero-order chi connectivity index (χ0) is 13.7. The highest BCUT2D eigenvalue weighted by atomic mass is 79.9. The molecule has 0 aliphatic rings. The number of thiophene rings is 1. The third-order valence-electron chi connectivity index (χ3n) is 2.58. The fourth-order valence-corrected chi connectivity index (χ4v) is 3.08. The molecule has 0 bridgehead atoms. The molecule has 1 heterocycles. The third-order valence-corrected chi connectivity index (χ3v) is 4.20. The van der Waals surface area contributed by atoms with Crippen LogP contribution < -0.4 is 10.6 Å². The summed E-state index contributed by atoms with van der Waals surface area (Å²) in [6, 6.07) is 11.5. The van der Waals surface area contributed by atoms with Crippen LogP contribution in [0.15, 0.2) is 40.2 Å². The van der Waals surface area contributed by atoms with E-state index in [4.69, 9.17) is 0 Å². The van der Waals surface area contributed by atoms with Crippen molar-refractivity contribution in [1.82, 2.24) is 5.32 Å². The van der Waals surface area contributed by atoms with E-state index in [1.165, 1.54) is 0 Å². The number of carbonyl (C=O) groups is 1. The van der Waals surface area contributed by atoms with Crippen molar-refractivity contribution in [1.29, 1.82) is 0 Å². The minimum atomic E-state index is -0.0485. The molecular formula is C14H15BrN2OS. The van der Waals surface area contributed by atoms with Crippen LogP contribution in [0.25, 0.3) is 0 Å². The predicted molar refractivity (Wildman–Crippen MR) is 83.8 cm³/mol. The molecule has 0 fully saturated rings. The van der Waals surface area contributed by atoms with Crippen molar-refractivity contribution in [2.45, 2.75) is 13.5 Å². The molecule has 1 amide bonds. The highest BCUT2D eigenvalue weighted by molar-refractivity contribution is 9.11. The molecule has 2 N–H and O–H groups in total. The molecule has 19 heavy (non-hydrogen) atoms. The van der Waals surface area contributed by atoms with Crippen LogP contribution in [-0.4, -0.2) is 12.5 Å². The molecule has 2 rings (SSSR count). The molecule has 100 valence electrons. The lowest BCUT2D eigenvalue weighted by Crippen LogP contribution is -2.22. The summed E-state index contributed by atoms with van der Waals surface area (Å²) < 4.78 is 1.08. The van der Waals surface area contributed by atoms with Gasteiger partial charge >= 0.3 is 0 Å². The summed E-state index contributed by atoms with van der Waals surface area (Å²) in [7, 11) is 0. The first-order chi connectivity index (χ1) is 9.19. The Morgan fingerprint density at radius 1 is 1.21 bits per heavy atom. The number of amides is 1. The second kappa shape index (κ2) is 6.73. The van der Waals surface area contributed by atoms with Gasteiger partial charge in [0.05, 0.1) is 10.3 Å². The Labute approximate surface area is 125 Å². The lowest BCUT2D eigenvalue weighted by Gasteiger charge is -2.06. The maximum absolute atomic E-state index is 12.0. The Bertz CT molecular complexity index is 551. The SMILES string of the molecule is CCNc1ccc(C(=O)NCc2ccc(Br)s2)cc1. The van der Waals surface area contributed by atoms with Crippen LogP contribution in [0, 0.1) is 0 Å². The lowest BCUT2D eigenvalue weighted by molar-refractivity contribution is 0.0951. The minimum absolute atomic E-state index is 0.0485. The monoisotopic (exact) mass is 338 g/mol. The number of anilines is 1. The van der Waals surface area contributed by atoms with Gasteiger partial charge in [-0.2, -0.15) is 0 Å². The van der Waals surface area contributed by atoms with Crippen molar-refractivity contribution >= 4 is 38.9 Å². The van der Waals surface area contributed by atoms with Crippen molar-refractivity contribution in [3.8, 4) is 0 Å². The summed E-state index contributed by atoms with van der Waals surface area (Å²) in [5.41, 5.74) is 1.71. The van der Waals surface area contributed by atoms with Gasteiger partial charge in [-0.25, -0.2) is 0 Å². The molecule has 3 nitrogen and oxygen atoms in total. The van der Waals surface area contributed by atoms with Gasteiger partial charge in [0, 0.05) is 22.7 Å². The number of benzene rings is 1. The number of hydrogen-bond acceptors (Lipinski definition) is 3. The van der Waals surface area contributed by atoms with Crippen LogP contribution >= 0.6 is 27.3 Å². The molecule has 1 aromatic carbocycles. The van der Waals surface area contributed by atoms with Gasteiger partial charge < -0.3 is 10.6 Å². The van der Waals surface area contributed by atoms with Crippen molar-refractivity contribution in [3.63, 3.8) is 0 Å². The van der Waals surface area contributed by atoms with Gasteiger partial charge in [-0.3, -0.25) is 4.79 Å². The molecule has 0 saturated heterocycles. The van der Waals surface area contributed by atoms with E-state index in [1.807, 2.05) is 43.3 Å². The van der Waals surface area contributed by atoms with Crippen molar-refractivity contribution in [2.75, 3.05) is 11.9 Å². The maximum Gasteiger partial charge on any atom is 0.251 e. The average molecular weight is 339 g/mol. The molecule has 1 aromatic heterocycles. The second-order valence-corrected chi connectivity index (χ2v) is 6.54. The van der Waals surface area contributed by atoms with E-state index in [2.05, 4.69) is 26.6 Å². The Balaban J connectivity index is 1.92. The van der Waals surface area contributed by atoms with Crippen LogP contribution in [0.5, 0.6) is 0 Å². The van der Waals surface area contributed by atoms with Crippen molar-refractivity contribution < 1.29 is 4.79 Å². The maximum atomic E-state index is 12.0. The number of carbonyl (C=O) groups excluding carboxylic acids is 1. The fourth-order valence-electron chi connectivity index (χ4n) is 1.66. The molecule has 2 aromatic rings. The fraction of sp³-hybridized carbons (Fsp3) is 0.214. The first-order valence-electron chi connectivity index (χ1n) is 6.05. The van der Waals surface area contributed by atoms with Crippen molar-refractivity contribution in [3.05, 3.63) is 50.6 Å². The van der Waals surface area contributed by atoms with Crippen LogP contribution in [0.4, 0.5) is 5.69 Å². The van der Waals surface area contributed by atoms with Gasteiger partial charge in [0.15, 0.2) is 0 Å². The van der Waals surface area contributed by atoms with E-state index in [-0.39, 0.29) is 5.91 Å². The molecule has 0 unspecified atom stereocenters. The molecule has 0 radical (unpaired) electrons. The van der Waals surface area contributed by atoms with Crippen molar-refractivity contribution in [2.24, 2.45) is 0 Å². The summed E-state index contributed by atoms with van der Waals surface area (Å²) >= 11 is 5.03. The molecule has 0 spiro atoms. The quantitative estimate of drug-likeness (QED) is 0.868. The molecule has 0 aliphatic heterocycles. The summed E-state index contributed by atoms with van der Waals surface area (Å²) in [6.07, 6.45) is 0. The van der Waals surface area contributed by atoms with E-state index >= 15 is 0 Å². The number of hydrogen-bond donors (Lipinski definition) is 2. The lowest BCUT2D eigenvalue weighted by atomic mass is 10.2. The molecular weight excluding hydrogens is 324 g/mol. The first kappa shape index (κ1) is 14.1. The average Bonchev–Trinajstić information content (AvgIpc) is 2.83. The smallest absolute Gasteiger partial charge is 0.251 e. The topological polar surface area (TPSA) is 41.1 Å². The number of rotatable bonds is 5.